The second kappa shape index (κ2) is 7.08. The predicted octanol–water partition coefficient (Wildman–Crippen LogP) is 4.45. The van der Waals surface area contributed by atoms with Gasteiger partial charge in [0.2, 0.25) is 0 Å². The molecule has 3 aromatic rings. The van der Waals surface area contributed by atoms with Crippen LogP contribution in [0.1, 0.15) is 31.8 Å². The summed E-state index contributed by atoms with van der Waals surface area (Å²) in [6.45, 7) is 3.39. The molecule has 0 saturated heterocycles. The van der Waals surface area contributed by atoms with Gasteiger partial charge in [-0.05, 0) is 72.0 Å². The van der Waals surface area contributed by atoms with E-state index >= 15 is 0 Å². The lowest BCUT2D eigenvalue weighted by Gasteiger charge is -2.17. The third-order valence-corrected chi connectivity index (χ3v) is 4.64. The lowest BCUT2D eigenvalue weighted by Crippen LogP contribution is -2.11. The standard InChI is InChI=1S/C22H18O6/c1-11-9-13(3-7-17(11)23)15-5-6-16(21(25)26)20(22(27)28)19(15)14-4-8-18(24)12(2)10-14/h3-10,23-24H,1-2H3,(H,25,26)(H,27,28). The number of benzene rings is 3. The SMILES string of the molecule is Cc1cc(-c2ccc(C(=O)O)c(C(=O)O)c2-c2ccc(O)c(C)c2)ccc1O. The molecule has 0 atom stereocenters. The summed E-state index contributed by atoms with van der Waals surface area (Å²) in [7, 11) is 0. The van der Waals surface area contributed by atoms with Crippen LogP contribution in [-0.2, 0) is 0 Å². The van der Waals surface area contributed by atoms with Crippen LogP contribution in [0.5, 0.6) is 11.5 Å². The maximum Gasteiger partial charge on any atom is 0.337 e. The highest BCUT2D eigenvalue weighted by Gasteiger charge is 2.25. The van der Waals surface area contributed by atoms with Gasteiger partial charge in [-0.2, -0.15) is 0 Å². The Morgan fingerprint density at radius 2 is 1.25 bits per heavy atom. The van der Waals surface area contributed by atoms with Gasteiger partial charge in [0, 0.05) is 5.56 Å². The minimum atomic E-state index is -1.37. The molecule has 142 valence electrons. The van der Waals surface area contributed by atoms with Gasteiger partial charge in [0.1, 0.15) is 11.5 Å². The van der Waals surface area contributed by atoms with Crippen molar-refractivity contribution < 1.29 is 30.0 Å². The first-order chi connectivity index (χ1) is 13.2. The maximum atomic E-state index is 12.0. The molecule has 6 nitrogen and oxygen atoms in total. The zero-order chi connectivity index (χ0) is 20.6. The molecule has 4 N–H and O–H groups in total. The highest BCUT2D eigenvalue weighted by molar-refractivity contribution is 6.09. The van der Waals surface area contributed by atoms with Crippen LogP contribution in [0.15, 0.2) is 48.5 Å². The molecule has 3 aromatic carbocycles. The first-order valence-electron chi connectivity index (χ1n) is 8.44. The Kier molecular flexibility index (Phi) is 4.79. The Bertz CT molecular complexity index is 1110. The molecule has 0 aliphatic rings. The summed E-state index contributed by atoms with van der Waals surface area (Å²) in [5.74, 6) is -2.55. The summed E-state index contributed by atoms with van der Waals surface area (Å²) in [6.07, 6.45) is 0. The highest BCUT2D eigenvalue weighted by atomic mass is 16.4. The third kappa shape index (κ3) is 3.27. The Morgan fingerprint density at radius 3 is 1.75 bits per heavy atom. The molecule has 0 radical (unpaired) electrons. The Balaban J connectivity index is 2.44. The van der Waals surface area contributed by atoms with E-state index in [0.717, 1.165) is 0 Å². The number of carboxylic acid groups (broad SMARTS) is 2. The third-order valence-electron chi connectivity index (χ3n) is 4.64. The van der Waals surface area contributed by atoms with E-state index in [1.807, 2.05) is 0 Å². The van der Waals surface area contributed by atoms with Crippen LogP contribution in [0.2, 0.25) is 0 Å². The van der Waals surface area contributed by atoms with Crippen molar-refractivity contribution in [1.82, 2.24) is 0 Å². The Labute approximate surface area is 161 Å². The van der Waals surface area contributed by atoms with Gasteiger partial charge in [0.15, 0.2) is 0 Å². The van der Waals surface area contributed by atoms with Crippen LogP contribution >= 0.6 is 0 Å². The summed E-state index contributed by atoms with van der Waals surface area (Å²) in [5.41, 5.74) is 2.32. The van der Waals surface area contributed by atoms with Crippen molar-refractivity contribution in [3.8, 4) is 33.8 Å². The normalized spacial score (nSPS) is 10.6. The van der Waals surface area contributed by atoms with Gasteiger partial charge >= 0.3 is 11.9 Å². The molecule has 3 rings (SSSR count). The van der Waals surface area contributed by atoms with Crippen molar-refractivity contribution in [3.05, 3.63) is 70.8 Å². The molecule has 0 aromatic heterocycles. The van der Waals surface area contributed by atoms with Crippen molar-refractivity contribution in [2.24, 2.45) is 0 Å². The van der Waals surface area contributed by atoms with E-state index in [1.165, 1.54) is 18.2 Å². The second-order valence-electron chi connectivity index (χ2n) is 6.52. The zero-order valence-electron chi connectivity index (χ0n) is 15.2. The van der Waals surface area contributed by atoms with Crippen LogP contribution in [0.3, 0.4) is 0 Å². The fourth-order valence-electron chi connectivity index (χ4n) is 3.18. The van der Waals surface area contributed by atoms with Gasteiger partial charge in [-0.1, -0.05) is 18.2 Å². The second-order valence-corrected chi connectivity index (χ2v) is 6.52. The number of phenols is 2. The molecule has 0 aliphatic carbocycles. The fourth-order valence-corrected chi connectivity index (χ4v) is 3.18. The van der Waals surface area contributed by atoms with Crippen molar-refractivity contribution in [3.63, 3.8) is 0 Å². The number of rotatable bonds is 4. The zero-order valence-corrected chi connectivity index (χ0v) is 15.2. The summed E-state index contributed by atoms with van der Waals surface area (Å²) < 4.78 is 0. The van der Waals surface area contributed by atoms with Crippen LogP contribution in [0.25, 0.3) is 22.3 Å². The van der Waals surface area contributed by atoms with Crippen molar-refractivity contribution in [2.75, 3.05) is 0 Å². The lowest BCUT2D eigenvalue weighted by molar-refractivity contribution is 0.0652. The summed E-state index contributed by atoms with van der Waals surface area (Å²) in [5, 5.41) is 38.9. The molecule has 0 fully saturated rings. The topological polar surface area (TPSA) is 115 Å². The van der Waals surface area contributed by atoms with E-state index in [2.05, 4.69) is 0 Å². The minimum absolute atomic E-state index is 0.0528. The molecule has 0 unspecified atom stereocenters. The number of carbonyl (C=O) groups is 2. The molecule has 0 amide bonds. The molecular weight excluding hydrogens is 360 g/mol. The van der Waals surface area contributed by atoms with Crippen LogP contribution in [0, 0.1) is 13.8 Å². The highest BCUT2D eigenvalue weighted by Crippen LogP contribution is 2.39. The van der Waals surface area contributed by atoms with E-state index in [0.29, 0.717) is 27.8 Å². The van der Waals surface area contributed by atoms with Gasteiger partial charge in [-0.15, -0.1) is 0 Å². The number of aryl methyl sites for hydroxylation is 2. The van der Waals surface area contributed by atoms with Gasteiger partial charge in [-0.25, -0.2) is 9.59 Å². The van der Waals surface area contributed by atoms with Crippen LogP contribution in [0.4, 0.5) is 0 Å². The summed E-state index contributed by atoms with van der Waals surface area (Å²) >= 11 is 0. The van der Waals surface area contributed by atoms with Gasteiger partial charge in [0.25, 0.3) is 0 Å². The molecule has 0 aliphatic heterocycles. The van der Waals surface area contributed by atoms with Crippen molar-refractivity contribution in [1.29, 1.82) is 0 Å². The predicted molar refractivity (Wildman–Crippen MR) is 104 cm³/mol. The van der Waals surface area contributed by atoms with Crippen LogP contribution in [-0.4, -0.2) is 32.4 Å². The number of phenolic OH excluding ortho intramolecular Hbond substituents is 2. The van der Waals surface area contributed by atoms with E-state index in [9.17, 15) is 30.0 Å². The van der Waals surface area contributed by atoms with Gasteiger partial charge in [-0.3, -0.25) is 0 Å². The average Bonchev–Trinajstić information content (AvgIpc) is 2.65. The van der Waals surface area contributed by atoms with Crippen LogP contribution < -0.4 is 0 Å². The lowest BCUT2D eigenvalue weighted by atomic mass is 9.86. The first-order valence-corrected chi connectivity index (χ1v) is 8.44. The number of aromatic carboxylic acids is 2. The molecule has 0 spiro atoms. The minimum Gasteiger partial charge on any atom is -0.508 e. The summed E-state index contributed by atoms with van der Waals surface area (Å²) in [6, 6.07) is 12.3. The molecular formula is C22H18O6. The molecule has 6 heteroatoms. The monoisotopic (exact) mass is 378 g/mol. The quantitative estimate of drug-likeness (QED) is 0.533. The van der Waals surface area contributed by atoms with E-state index in [4.69, 9.17) is 0 Å². The molecule has 0 heterocycles. The van der Waals surface area contributed by atoms with E-state index in [-0.39, 0.29) is 28.2 Å². The Morgan fingerprint density at radius 1 is 0.714 bits per heavy atom. The number of aromatic hydroxyl groups is 2. The molecule has 0 saturated carbocycles. The Hall–Kier alpha value is -3.80. The van der Waals surface area contributed by atoms with Crippen molar-refractivity contribution in [2.45, 2.75) is 13.8 Å². The average molecular weight is 378 g/mol. The maximum absolute atomic E-state index is 12.0. The number of hydrogen-bond donors (Lipinski definition) is 4. The molecule has 0 bridgehead atoms. The smallest absolute Gasteiger partial charge is 0.337 e. The summed E-state index contributed by atoms with van der Waals surface area (Å²) in [4.78, 5) is 23.7. The van der Waals surface area contributed by atoms with Crippen molar-refractivity contribution >= 4 is 11.9 Å². The van der Waals surface area contributed by atoms with Gasteiger partial charge < -0.3 is 20.4 Å². The fraction of sp³-hybridized carbons (Fsp3) is 0.0909. The number of carboxylic acids is 2. The van der Waals surface area contributed by atoms with Gasteiger partial charge in [0.05, 0.1) is 11.1 Å². The largest absolute Gasteiger partial charge is 0.508 e. The first kappa shape index (κ1) is 19.0. The molecule has 28 heavy (non-hydrogen) atoms. The van der Waals surface area contributed by atoms with E-state index < -0.39 is 11.9 Å². The number of hydrogen-bond acceptors (Lipinski definition) is 4. The van der Waals surface area contributed by atoms with E-state index in [1.54, 1.807) is 44.2 Å².